The van der Waals surface area contributed by atoms with E-state index in [2.05, 4.69) is 37.5 Å². The van der Waals surface area contributed by atoms with Crippen molar-refractivity contribution >= 4 is 34.4 Å². The lowest BCUT2D eigenvalue weighted by Gasteiger charge is -2.17. The van der Waals surface area contributed by atoms with Crippen molar-refractivity contribution in [1.82, 2.24) is 0 Å². The molecule has 0 saturated carbocycles. The van der Waals surface area contributed by atoms with Gasteiger partial charge in [-0.05, 0) is 99.0 Å². The summed E-state index contributed by atoms with van der Waals surface area (Å²) < 4.78 is 4.98. The Kier molecular flexibility index (Phi) is 7.19. The summed E-state index contributed by atoms with van der Waals surface area (Å²) in [5, 5.41) is 17.3. The molecule has 33 heavy (non-hydrogen) atoms. The molecule has 3 aromatic carbocycles. The van der Waals surface area contributed by atoms with Gasteiger partial charge in [-0.3, -0.25) is 0 Å². The Balaban J connectivity index is 1.39. The number of ether oxygens (including phenoxy) is 1. The van der Waals surface area contributed by atoms with E-state index >= 15 is 0 Å². The van der Waals surface area contributed by atoms with Gasteiger partial charge in [-0.15, -0.1) is 0 Å². The molecule has 1 saturated heterocycles. The number of esters is 1. The molecule has 1 aliphatic rings. The van der Waals surface area contributed by atoms with E-state index in [1.165, 1.54) is 18.5 Å². The topological polar surface area (TPSA) is 79.0 Å². The number of nitrogens with zero attached hydrogens (tertiary/aromatic N) is 5. The van der Waals surface area contributed by atoms with Crippen LogP contribution in [-0.4, -0.2) is 25.7 Å². The van der Waals surface area contributed by atoms with Crippen molar-refractivity contribution in [2.75, 3.05) is 24.6 Å². The molecule has 0 amide bonds. The molecule has 0 bridgehead atoms. The minimum atomic E-state index is -0.344. The van der Waals surface area contributed by atoms with Crippen molar-refractivity contribution in [2.24, 2.45) is 20.5 Å². The van der Waals surface area contributed by atoms with Crippen molar-refractivity contribution in [3.05, 3.63) is 77.9 Å². The highest BCUT2D eigenvalue weighted by atomic mass is 16.5. The summed E-state index contributed by atoms with van der Waals surface area (Å²) in [6.07, 6.45) is 2.52. The summed E-state index contributed by atoms with van der Waals surface area (Å²) >= 11 is 0. The van der Waals surface area contributed by atoms with E-state index in [1.807, 2.05) is 37.3 Å². The smallest absolute Gasteiger partial charge is 0.338 e. The largest absolute Gasteiger partial charge is 0.462 e. The van der Waals surface area contributed by atoms with E-state index in [4.69, 9.17) is 4.74 Å². The Labute approximate surface area is 193 Å². The minimum Gasteiger partial charge on any atom is -0.462 e. The number of aryl methyl sites for hydroxylation is 1. The van der Waals surface area contributed by atoms with Crippen molar-refractivity contribution in [3.8, 4) is 0 Å². The van der Waals surface area contributed by atoms with Gasteiger partial charge in [0, 0.05) is 18.8 Å². The van der Waals surface area contributed by atoms with E-state index in [1.54, 1.807) is 31.2 Å². The molecule has 0 aromatic heterocycles. The Bertz CT molecular complexity index is 1150. The van der Waals surface area contributed by atoms with Crippen molar-refractivity contribution < 1.29 is 9.53 Å². The number of carbonyl (C=O) groups is 1. The fraction of sp³-hybridized carbons (Fsp3) is 0.269. The maximum Gasteiger partial charge on any atom is 0.338 e. The lowest BCUT2D eigenvalue weighted by Crippen LogP contribution is -2.17. The zero-order valence-corrected chi connectivity index (χ0v) is 18.9. The van der Waals surface area contributed by atoms with Crippen LogP contribution >= 0.6 is 0 Å². The molecule has 1 fully saturated rings. The molecule has 0 unspecified atom stereocenters. The normalized spacial score (nSPS) is 13.8. The molecule has 7 heteroatoms. The van der Waals surface area contributed by atoms with Gasteiger partial charge >= 0.3 is 5.97 Å². The molecule has 0 atom stereocenters. The summed E-state index contributed by atoms with van der Waals surface area (Å²) in [7, 11) is 0. The maximum atomic E-state index is 11.7. The van der Waals surface area contributed by atoms with Crippen LogP contribution in [0.3, 0.4) is 0 Å². The van der Waals surface area contributed by atoms with Crippen LogP contribution in [0.2, 0.25) is 0 Å². The van der Waals surface area contributed by atoms with Crippen molar-refractivity contribution in [3.63, 3.8) is 0 Å². The van der Waals surface area contributed by atoms with Gasteiger partial charge in [0.1, 0.15) is 0 Å². The summed E-state index contributed by atoms with van der Waals surface area (Å²) in [4.78, 5) is 14.1. The Hall–Kier alpha value is -3.87. The second-order valence-corrected chi connectivity index (χ2v) is 7.85. The predicted octanol–water partition coefficient (Wildman–Crippen LogP) is 7.60. The molecule has 0 radical (unpaired) electrons. The van der Waals surface area contributed by atoms with E-state index in [9.17, 15) is 4.79 Å². The first-order valence-corrected chi connectivity index (χ1v) is 11.2. The number of azo groups is 2. The minimum absolute atomic E-state index is 0.344. The van der Waals surface area contributed by atoms with Crippen LogP contribution in [0, 0.1) is 6.92 Å². The third kappa shape index (κ3) is 5.88. The number of hydrogen-bond acceptors (Lipinski definition) is 7. The fourth-order valence-electron chi connectivity index (χ4n) is 3.63. The molecule has 168 valence electrons. The number of anilines is 1. The second-order valence-electron chi connectivity index (χ2n) is 7.85. The Morgan fingerprint density at radius 3 is 2.03 bits per heavy atom. The lowest BCUT2D eigenvalue weighted by atomic mass is 10.2. The molecule has 0 spiro atoms. The average molecular weight is 442 g/mol. The van der Waals surface area contributed by atoms with Gasteiger partial charge in [0.15, 0.2) is 0 Å². The molecule has 0 N–H and O–H groups in total. The lowest BCUT2D eigenvalue weighted by molar-refractivity contribution is 0.0526. The van der Waals surface area contributed by atoms with Gasteiger partial charge < -0.3 is 9.64 Å². The first-order chi connectivity index (χ1) is 16.1. The molecule has 1 aliphatic heterocycles. The highest BCUT2D eigenvalue weighted by molar-refractivity contribution is 5.89. The van der Waals surface area contributed by atoms with Crippen LogP contribution in [0.15, 0.2) is 87.2 Å². The van der Waals surface area contributed by atoms with E-state index in [-0.39, 0.29) is 5.97 Å². The molecule has 3 aromatic rings. The Morgan fingerprint density at radius 2 is 1.39 bits per heavy atom. The fourth-order valence-corrected chi connectivity index (χ4v) is 3.63. The molecule has 7 nitrogen and oxygen atoms in total. The number of carbonyl (C=O) groups excluding carboxylic acids is 1. The monoisotopic (exact) mass is 441 g/mol. The van der Waals surface area contributed by atoms with Gasteiger partial charge in [0.2, 0.25) is 0 Å². The molecular weight excluding hydrogens is 414 g/mol. The van der Waals surface area contributed by atoms with Crippen molar-refractivity contribution in [2.45, 2.75) is 26.7 Å². The maximum absolute atomic E-state index is 11.7. The summed E-state index contributed by atoms with van der Waals surface area (Å²) in [6.45, 7) is 6.35. The highest BCUT2D eigenvalue weighted by Crippen LogP contribution is 2.28. The van der Waals surface area contributed by atoms with E-state index in [0.29, 0.717) is 17.9 Å². The van der Waals surface area contributed by atoms with Crippen LogP contribution in [0.4, 0.5) is 28.4 Å². The third-order valence-corrected chi connectivity index (χ3v) is 5.43. The van der Waals surface area contributed by atoms with Crippen LogP contribution in [-0.2, 0) is 4.74 Å². The number of benzene rings is 3. The van der Waals surface area contributed by atoms with Crippen LogP contribution in [0.5, 0.6) is 0 Å². The highest BCUT2D eigenvalue weighted by Gasteiger charge is 2.11. The third-order valence-electron chi connectivity index (χ3n) is 5.43. The van der Waals surface area contributed by atoms with Crippen LogP contribution in [0.1, 0.15) is 35.7 Å². The van der Waals surface area contributed by atoms with Gasteiger partial charge in [-0.1, -0.05) is 0 Å². The summed E-state index contributed by atoms with van der Waals surface area (Å²) in [6, 6.07) is 20.7. The number of rotatable bonds is 7. The van der Waals surface area contributed by atoms with Gasteiger partial charge in [0.25, 0.3) is 0 Å². The summed E-state index contributed by atoms with van der Waals surface area (Å²) in [5.41, 5.74) is 5.68. The summed E-state index contributed by atoms with van der Waals surface area (Å²) in [5.74, 6) is -0.344. The van der Waals surface area contributed by atoms with Gasteiger partial charge in [0.05, 0.1) is 34.9 Å². The second kappa shape index (κ2) is 10.6. The average Bonchev–Trinajstić information content (AvgIpc) is 3.38. The molecule has 0 aliphatic carbocycles. The first kappa shape index (κ1) is 22.3. The van der Waals surface area contributed by atoms with Gasteiger partial charge in [-0.25, -0.2) is 4.79 Å². The Morgan fingerprint density at radius 1 is 0.818 bits per heavy atom. The number of hydrogen-bond donors (Lipinski definition) is 0. The zero-order valence-electron chi connectivity index (χ0n) is 18.9. The first-order valence-electron chi connectivity index (χ1n) is 11.2. The SMILES string of the molecule is CCOC(=O)c1ccc(N=Nc2ccc(N=Nc3ccc(N4CCCC4)cc3)c(C)c2)cc1. The van der Waals surface area contributed by atoms with E-state index in [0.717, 1.165) is 35.7 Å². The van der Waals surface area contributed by atoms with Gasteiger partial charge in [-0.2, -0.15) is 20.5 Å². The molecular formula is C26H27N5O2. The zero-order chi connectivity index (χ0) is 23.0. The van der Waals surface area contributed by atoms with Crippen molar-refractivity contribution in [1.29, 1.82) is 0 Å². The molecule has 1 heterocycles. The quantitative estimate of drug-likeness (QED) is 0.280. The molecule has 4 rings (SSSR count). The predicted molar refractivity (Wildman–Crippen MR) is 130 cm³/mol. The van der Waals surface area contributed by atoms with E-state index < -0.39 is 0 Å². The van der Waals surface area contributed by atoms with Crippen LogP contribution in [0.25, 0.3) is 0 Å². The standard InChI is InChI=1S/C26H27N5O2/c1-3-33-26(32)20-6-8-21(9-7-20)27-29-23-12-15-25(19(2)18-23)30-28-22-10-13-24(14-11-22)31-16-4-5-17-31/h6-15,18H,3-5,16-17H2,1-2H3. The van der Waals surface area contributed by atoms with Crippen LogP contribution < -0.4 is 4.90 Å².